The minimum absolute atomic E-state index is 0.174. The van der Waals surface area contributed by atoms with Gasteiger partial charge in [0.2, 0.25) is 0 Å². The van der Waals surface area contributed by atoms with Crippen molar-refractivity contribution >= 4 is 11.6 Å². The van der Waals surface area contributed by atoms with E-state index in [1.807, 2.05) is 0 Å². The zero-order valence-electron chi connectivity index (χ0n) is 10.8. The normalized spacial score (nSPS) is 11.8. The largest absolute Gasteiger partial charge is 0.495 e. The SMILES string of the molecule is COc1ccc(F)cc1NC(=O)C(O)c1ccccc1. The number of carbonyl (C=O) groups is 1. The van der Waals surface area contributed by atoms with Crippen LogP contribution in [0.4, 0.5) is 10.1 Å². The zero-order chi connectivity index (χ0) is 14.5. The number of carbonyl (C=O) groups excluding carboxylic acids is 1. The van der Waals surface area contributed by atoms with Crippen LogP contribution in [0, 0.1) is 5.82 Å². The molecule has 0 aliphatic rings. The van der Waals surface area contributed by atoms with Gasteiger partial charge in [-0.1, -0.05) is 30.3 Å². The molecule has 0 aliphatic heterocycles. The Balaban J connectivity index is 2.18. The molecule has 2 aromatic rings. The van der Waals surface area contributed by atoms with Crippen molar-refractivity contribution < 1.29 is 19.0 Å². The summed E-state index contributed by atoms with van der Waals surface area (Å²) in [5.41, 5.74) is 0.632. The molecule has 0 saturated heterocycles. The highest BCUT2D eigenvalue weighted by Crippen LogP contribution is 2.26. The molecule has 1 atom stereocenters. The van der Waals surface area contributed by atoms with Crippen LogP contribution in [0.5, 0.6) is 5.75 Å². The number of methoxy groups -OCH3 is 1. The molecule has 2 aromatic carbocycles. The maximum absolute atomic E-state index is 13.2. The van der Waals surface area contributed by atoms with Gasteiger partial charge in [-0.3, -0.25) is 4.79 Å². The van der Waals surface area contributed by atoms with Crippen LogP contribution in [0.3, 0.4) is 0 Å². The van der Waals surface area contributed by atoms with Crippen LogP contribution in [0.25, 0.3) is 0 Å². The number of halogens is 1. The van der Waals surface area contributed by atoms with E-state index >= 15 is 0 Å². The summed E-state index contributed by atoms with van der Waals surface area (Å²) in [4.78, 5) is 12.0. The molecular weight excluding hydrogens is 261 g/mol. The van der Waals surface area contributed by atoms with Crippen LogP contribution < -0.4 is 10.1 Å². The third kappa shape index (κ3) is 3.13. The number of hydrogen-bond acceptors (Lipinski definition) is 3. The predicted molar refractivity (Wildman–Crippen MR) is 73.0 cm³/mol. The Kier molecular flexibility index (Phi) is 4.32. The second kappa shape index (κ2) is 6.16. The van der Waals surface area contributed by atoms with Gasteiger partial charge in [0.1, 0.15) is 11.6 Å². The summed E-state index contributed by atoms with van der Waals surface area (Å²) in [6.45, 7) is 0. The molecule has 0 radical (unpaired) electrons. The van der Waals surface area contributed by atoms with Crippen molar-refractivity contribution in [2.24, 2.45) is 0 Å². The van der Waals surface area contributed by atoms with Gasteiger partial charge in [0, 0.05) is 6.07 Å². The lowest BCUT2D eigenvalue weighted by molar-refractivity contribution is -0.124. The van der Waals surface area contributed by atoms with Gasteiger partial charge in [0.05, 0.1) is 12.8 Å². The Morgan fingerprint density at radius 1 is 1.25 bits per heavy atom. The van der Waals surface area contributed by atoms with Crippen molar-refractivity contribution in [1.82, 2.24) is 0 Å². The monoisotopic (exact) mass is 275 g/mol. The summed E-state index contributed by atoms with van der Waals surface area (Å²) < 4.78 is 18.2. The fourth-order valence-electron chi connectivity index (χ4n) is 1.77. The van der Waals surface area contributed by atoms with Crippen molar-refractivity contribution in [2.45, 2.75) is 6.10 Å². The van der Waals surface area contributed by atoms with Crippen molar-refractivity contribution in [1.29, 1.82) is 0 Å². The van der Waals surface area contributed by atoms with Gasteiger partial charge in [-0.2, -0.15) is 0 Å². The number of rotatable bonds is 4. The molecule has 0 heterocycles. The molecule has 0 saturated carbocycles. The Morgan fingerprint density at radius 2 is 1.95 bits per heavy atom. The van der Waals surface area contributed by atoms with E-state index < -0.39 is 17.8 Å². The number of aliphatic hydroxyl groups is 1. The van der Waals surface area contributed by atoms with E-state index in [1.54, 1.807) is 30.3 Å². The highest BCUT2D eigenvalue weighted by molar-refractivity contribution is 5.95. The Labute approximate surface area is 115 Å². The topological polar surface area (TPSA) is 58.6 Å². The molecule has 4 nitrogen and oxygen atoms in total. The van der Waals surface area contributed by atoms with Gasteiger partial charge in [-0.15, -0.1) is 0 Å². The molecular formula is C15H14FNO3. The van der Waals surface area contributed by atoms with E-state index in [4.69, 9.17) is 4.74 Å². The Bertz CT molecular complexity index is 601. The second-order valence-corrected chi connectivity index (χ2v) is 4.15. The lowest BCUT2D eigenvalue weighted by Crippen LogP contribution is -2.21. The average molecular weight is 275 g/mol. The van der Waals surface area contributed by atoms with Gasteiger partial charge in [0.25, 0.3) is 5.91 Å². The molecule has 2 N–H and O–H groups in total. The molecule has 5 heteroatoms. The van der Waals surface area contributed by atoms with Crippen LogP contribution in [0.15, 0.2) is 48.5 Å². The summed E-state index contributed by atoms with van der Waals surface area (Å²) >= 11 is 0. The Morgan fingerprint density at radius 3 is 2.60 bits per heavy atom. The smallest absolute Gasteiger partial charge is 0.257 e. The highest BCUT2D eigenvalue weighted by atomic mass is 19.1. The summed E-state index contributed by atoms with van der Waals surface area (Å²) in [5, 5.41) is 12.4. The summed E-state index contributed by atoms with van der Waals surface area (Å²) in [7, 11) is 1.41. The lowest BCUT2D eigenvalue weighted by Gasteiger charge is -2.14. The first kappa shape index (κ1) is 14.0. The lowest BCUT2D eigenvalue weighted by atomic mass is 10.1. The fourth-order valence-corrected chi connectivity index (χ4v) is 1.77. The third-order valence-corrected chi connectivity index (χ3v) is 2.78. The van der Waals surface area contributed by atoms with Gasteiger partial charge >= 0.3 is 0 Å². The number of ether oxygens (including phenoxy) is 1. The molecule has 0 bridgehead atoms. The standard InChI is InChI=1S/C15H14FNO3/c1-20-13-8-7-11(16)9-12(13)17-15(19)14(18)10-5-3-2-4-6-10/h2-9,14,18H,1H3,(H,17,19). The summed E-state index contributed by atoms with van der Waals surface area (Å²) in [5.74, 6) is -0.838. The van der Waals surface area contributed by atoms with E-state index in [9.17, 15) is 14.3 Å². The minimum atomic E-state index is -1.33. The van der Waals surface area contributed by atoms with E-state index in [1.165, 1.54) is 19.2 Å². The van der Waals surface area contributed by atoms with Crippen LogP contribution in [-0.2, 0) is 4.79 Å². The van der Waals surface area contributed by atoms with E-state index in [2.05, 4.69) is 5.32 Å². The Hall–Kier alpha value is -2.40. The summed E-state index contributed by atoms with van der Waals surface area (Å²) in [6.07, 6.45) is -1.33. The molecule has 0 fully saturated rings. The van der Waals surface area contributed by atoms with Crippen molar-refractivity contribution in [3.8, 4) is 5.75 Å². The minimum Gasteiger partial charge on any atom is -0.495 e. The number of amides is 1. The molecule has 0 spiro atoms. The summed E-state index contributed by atoms with van der Waals surface area (Å²) in [6, 6.07) is 12.2. The third-order valence-electron chi connectivity index (χ3n) is 2.78. The van der Waals surface area contributed by atoms with Crippen LogP contribution in [0.2, 0.25) is 0 Å². The molecule has 1 amide bonds. The first-order chi connectivity index (χ1) is 9.61. The molecule has 0 aliphatic carbocycles. The van der Waals surface area contributed by atoms with Gasteiger partial charge in [-0.05, 0) is 17.7 Å². The second-order valence-electron chi connectivity index (χ2n) is 4.15. The van der Waals surface area contributed by atoms with Gasteiger partial charge in [-0.25, -0.2) is 4.39 Å². The fraction of sp³-hybridized carbons (Fsp3) is 0.133. The van der Waals surface area contributed by atoms with Gasteiger partial charge < -0.3 is 15.2 Å². The number of nitrogens with one attached hydrogen (secondary N) is 1. The van der Waals surface area contributed by atoms with Gasteiger partial charge in [0.15, 0.2) is 6.10 Å². The average Bonchev–Trinajstić information content (AvgIpc) is 2.47. The molecule has 20 heavy (non-hydrogen) atoms. The van der Waals surface area contributed by atoms with Crippen LogP contribution >= 0.6 is 0 Å². The number of hydrogen-bond donors (Lipinski definition) is 2. The zero-order valence-corrected chi connectivity index (χ0v) is 10.8. The maximum atomic E-state index is 13.2. The quantitative estimate of drug-likeness (QED) is 0.901. The first-order valence-corrected chi connectivity index (χ1v) is 5.99. The molecule has 1 unspecified atom stereocenters. The van der Waals surface area contributed by atoms with E-state index in [-0.39, 0.29) is 5.69 Å². The highest BCUT2D eigenvalue weighted by Gasteiger charge is 2.18. The number of anilines is 1. The van der Waals surface area contributed by atoms with E-state index in [0.29, 0.717) is 11.3 Å². The molecule has 2 rings (SSSR count). The first-order valence-electron chi connectivity index (χ1n) is 5.99. The predicted octanol–water partition coefficient (Wildman–Crippen LogP) is 2.51. The van der Waals surface area contributed by atoms with E-state index in [0.717, 1.165) is 6.07 Å². The number of aliphatic hydroxyl groups excluding tert-OH is 1. The van der Waals surface area contributed by atoms with Crippen molar-refractivity contribution in [3.63, 3.8) is 0 Å². The van der Waals surface area contributed by atoms with Crippen molar-refractivity contribution in [3.05, 3.63) is 59.9 Å². The molecule has 0 aromatic heterocycles. The maximum Gasteiger partial charge on any atom is 0.257 e. The number of benzene rings is 2. The van der Waals surface area contributed by atoms with Crippen LogP contribution in [0.1, 0.15) is 11.7 Å². The molecule has 104 valence electrons. The van der Waals surface area contributed by atoms with Crippen LogP contribution in [-0.4, -0.2) is 18.1 Å². The van der Waals surface area contributed by atoms with Crippen molar-refractivity contribution in [2.75, 3.05) is 12.4 Å².